The number of aromatic nitrogens is 2. The standard InChI is InChI=1S/C18H16N2O3S/c1-9-19-17-12-8-14(22-3)13(21-2)7-11(12)10-5-6-15(23-4)20-16(10)18(17)24-9/h5-8H,1-4H3. The van der Waals surface area contributed by atoms with Gasteiger partial charge < -0.3 is 14.2 Å². The highest BCUT2D eigenvalue weighted by Gasteiger charge is 2.17. The first-order chi connectivity index (χ1) is 11.7. The zero-order valence-corrected chi connectivity index (χ0v) is 14.7. The van der Waals surface area contributed by atoms with Gasteiger partial charge in [0.25, 0.3) is 0 Å². The summed E-state index contributed by atoms with van der Waals surface area (Å²) < 4.78 is 17.3. The van der Waals surface area contributed by atoms with E-state index in [1.165, 1.54) is 0 Å². The van der Waals surface area contributed by atoms with Crippen molar-refractivity contribution in [3.63, 3.8) is 0 Å². The van der Waals surface area contributed by atoms with E-state index in [4.69, 9.17) is 19.2 Å². The number of hydrogen-bond donors (Lipinski definition) is 0. The molecule has 0 radical (unpaired) electrons. The van der Waals surface area contributed by atoms with Gasteiger partial charge in [0.15, 0.2) is 11.5 Å². The molecular formula is C18H16N2O3S. The van der Waals surface area contributed by atoms with Crippen LogP contribution in [0.15, 0.2) is 24.3 Å². The number of thiazole rings is 1. The highest BCUT2D eigenvalue weighted by molar-refractivity contribution is 7.19. The van der Waals surface area contributed by atoms with Crippen LogP contribution in [0.3, 0.4) is 0 Å². The maximum atomic E-state index is 5.47. The van der Waals surface area contributed by atoms with Crippen molar-refractivity contribution in [2.75, 3.05) is 21.3 Å². The van der Waals surface area contributed by atoms with Crippen LogP contribution < -0.4 is 14.2 Å². The lowest BCUT2D eigenvalue weighted by molar-refractivity contribution is 0.356. The van der Waals surface area contributed by atoms with Gasteiger partial charge in [-0.15, -0.1) is 11.3 Å². The number of benzene rings is 2. The molecule has 0 atom stereocenters. The Balaban J connectivity index is 2.26. The predicted octanol–water partition coefficient (Wildman–Crippen LogP) is 4.33. The second-order valence-corrected chi connectivity index (χ2v) is 6.62. The number of ether oxygens (including phenoxy) is 3. The Hall–Kier alpha value is -2.60. The average molecular weight is 340 g/mol. The maximum Gasteiger partial charge on any atom is 0.213 e. The fraction of sp³-hybridized carbons (Fsp3) is 0.222. The summed E-state index contributed by atoms with van der Waals surface area (Å²) in [4.78, 5) is 9.38. The van der Waals surface area contributed by atoms with Gasteiger partial charge in [-0.05, 0) is 30.5 Å². The lowest BCUT2D eigenvalue weighted by Crippen LogP contribution is -1.93. The molecule has 0 unspecified atom stereocenters. The van der Waals surface area contributed by atoms with Gasteiger partial charge in [0.05, 0.1) is 42.1 Å². The van der Waals surface area contributed by atoms with Crippen LogP contribution in [0.4, 0.5) is 0 Å². The summed E-state index contributed by atoms with van der Waals surface area (Å²) in [6.07, 6.45) is 0. The van der Waals surface area contributed by atoms with Gasteiger partial charge in [-0.1, -0.05) is 0 Å². The van der Waals surface area contributed by atoms with Gasteiger partial charge >= 0.3 is 0 Å². The maximum absolute atomic E-state index is 5.47. The van der Waals surface area contributed by atoms with Crippen LogP contribution in [0, 0.1) is 6.92 Å². The quantitative estimate of drug-likeness (QED) is 0.520. The van der Waals surface area contributed by atoms with Crippen molar-refractivity contribution < 1.29 is 14.2 Å². The van der Waals surface area contributed by atoms with E-state index in [0.29, 0.717) is 17.4 Å². The van der Waals surface area contributed by atoms with Gasteiger partial charge in [0.1, 0.15) is 0 Å². The molecule has 0 aliphatic heterocycles. The molecule has 0 aliphatic rings. The zero-order chi connectivity index (χ0) is 16.8. The van der Waals surface area contributed by atoms with Gasteiger partial charge in [-0.3, -0.25) is 0 Å². The molecular weight excluding hydrogens is 324 g/mol. The third-order valence-electron chi connectivity index (χ3n) is 4.10. The molecule has 24 heavy (non-hydrogen) atoms. The van der Waals surface area contributed by atoms with Gasteiger partial charge in [0.2, 0.25) is 5.88 Å². The van der Waals surface area contributed by atoms with E-state index >= 15 is 0 Å². The molecule has 2 aromatic carbocycles. The number of rotatable bonds is 3. The number of fused-ring (bicyclic) bond motifs is 6. The topological polar surface area (TPSA) is 53.5 Å². The third kappa shape index (κ3) is 2.06. The van der Waals surface area contributed by atoms with E-state index in [-0.39, 0.29) is 0 Å². The van der Waals surface area contributed by atoms with Gasteiger partial charge in [0, 0.05) is 16.8 Å². The smallest absolute Gasteiger partial charge is 0.213 e. The Morgan fingerprint density at radius 2 is 1.46 bits per heavy atom. The SMILES string of the molecule is COc1ccc2c3cc(OC)c(OC)cc3c3nc(C)sc3c2n1. The summed E-state index contributed by atoms with van der Waals surface area (Å²) >= 11 is 1.64. The van der Waals surface area contributed by atoms with Crippen molar-refractivity contribution >= 4 is 43.2 Å². The molecule has 0 saturated carbocycles. The minimum absolute atomic E-state index is 0.592. The Morgan fingerprint density at radius 3 is 2.12 bits per heavy atom. The van der Waals surface area contributed by atoms with Crippen molar-refractivity contribution in [3.05, 3.63) is 29.3 Å². The van der Waals surface area contributed by atoms with Gasteiger partial charge in [-0.2, -0.15) is 0 Å². The largest absolute Gasteiger partial charge is 0.493 e. The second-order valence-electron chi connectivity index (χ2n) is 5.41. The summed E-state index contributed by atoms with van der Waals surface area (Å²) in [5.74, 6) is 1.97. The van der Waals surface area contributed by atoms with Crippen molar-refractivity contribution in [2.24, 2.45) is 0 Å². The lowest BCUT2D eigenvalue weighted by Gasteiger charge is -2.12. The van der Waals surface area contributed by atoms with E-state index in [0.717, 1.165) is 36.9 Å². The van der Waals surface area contributed by atoms with E-state index in [2.05, 4.69) is 4.98 Å². The minimum Gasteiger partial charge on any atom is -0.493 e. The molecule has 6 heteroatoms. The molecule has 0 fully saturated rings. The molecule has 2 heterocycles. The second kappa shape index (κ2) is 5.49. The Morgan fingerprint density at radius 1 is 0.792 bits per heavy atom. The Bertz CT molecular complexity index is 1090. The fourth-order valence-corrected chi connectivity index (χ4v) is 3.95. The van der Waals surface area contributed by atoms with Crippen LogP contribution in [0.25, 0.3) is 31.9 Å². The minimum atomic E-state index is 0.592. The van der Waals surface area contributed by atoms with E-state index in [1.54, 1.807) is 32.7 Å². The van der Waals surface area contributed by atoms with E-state index < -0.39 is 0 Å². The summed E-state index contributed by atoms with van der Waals surface area (Å²) in [6.45, 7) is 2.00. The first kappa shape index (κ1) is 15.0. The summed E-state index contributed by atoms with van der Waals surface area (Å²) in [6, 6.07) is 7.88. The number of nitrogens with zero attached hydrogens (tertiary/aromatic N) is 2. The number of methoxy groups -OCH3 is 3. The van der Waals surface area contributed by atoms with Crippen LogP contribution in [-0.2, 0) is 0 Å². The number of hydrogen-bond acceptors (Lipinski definition) is 6. The first-order valence-corrected chi connectivity index (χ1v) is 8.27. The number of aryl methyl sites for hydroxylation is 1. The fourth-order valence-electron chi connectivity index (χ4n) is 3.01. The molecule has 0 amide bonds. The highest BCUT2D eigenvalue weighted by atomic mass is 32.1. The van der Waals surface area contributed by atoms with Crippen molar-refractivity contribution in [1.29, 1.82) is 0 Å². The van der Waals surface area contributed by atoms with Gasteiger partial charge in [-0.25, -0.2) is 9.97 Å². The first-order valence-electron chi connectivity index (χ1n) is 7.46. The molecule has 0 bridgehead atoms. The predicted molar refractivity (Wildman–Crippen MR) is 96.8 cm³/mol. The zero-order valence-electron chi connectivity index (χ0n) is 13.8. The van der Waals surface area contributed by atoms with E-state index in [9.17, 15) is 0 Å². The molecule has 0 aliphatic carbocycles. The third-order valence-corrected chi connectivity index (χ3v) is 5.07. The normalized spacial score (nSPS) is 11.3. The summed E-state index contributed by atoms with van der Waals surface area (Å²) in [7, 11) is 4.90. The molecule has 0 spiro atoms. The van der Waals surface area contributed by atoms with Crippen LogP contribution in [0.2, 0.25) is 0 Å². The van der Waals surface area contributed by atoms with Crippen molar-refractivity contribution in [3.8, 4) is 17.4 Å². The molecule has 0 saturated heterocycles. The van der Waals surface area contributed by atoms with Crippen molar-refractivity contribution in [1.82, 2.24) is 9.97 Å². The molecule has 4 aromatic rings. The Labute approximate surface area is 142 Å². The van der Waals surface area contributed by atoms with Crippen LogP contribution in [0.1, 0.15) is 5.01 Å². The van der Waals surface area contributed by atoms with Crippen molar-refractivity contribution in [2.45, 2.75) is 6.92 Å². The molecule has 5 nitrogen and oxygen atoms in total. The monoisotopic (exact) mass is 340 g/mol. The van der Waals surface area contributed by atoms with Crippen LogP contribution >= 0.6 is 11.3 Å². The van der Waals surface area contributed by atoms with E-state index in [1.807, 2.05) is 31.2 Å². The Kier molecular flexibility index (Phi) is 3.42. The summed E-state index contributed by atoms with van der Waals surface area (Å²) in [5, 5.41) is 4.11. The summed E-state index contributed by atoms with van der Waals surface area (Å²) in [5.41, 5.74) is 1.83. The lowest BCUT2D eigenvalue weighted by atomic mass is 10.0. The molecule has 122 valence electrons. The van der Waals surface area contributed by atoms with Crippen LogP contribution in [0.5, 0.6) is 17.4 Å². The molecule has 0 N–H and O–H groups in total. The molecule has 4 rings (SSSR count). The average Bonchev–Trinajstić information content (AvgIpc) is 3.02. The highest BCUT2D eigenvalue weighted by Crippen LogP contribution is 2.42. The molecule has 2 aromatic heterocycles. The number of pyridine rings is 1. The van der Waals surface area contributed by atoms with Crippen LogP contribution in [-0.4, -0.2) is 31.3 Å².